The SMILES string of the molecule is Cc1cc(NC(=O)CCSCC(N)=O)sc1C(=O)O. The molecule has 8 heteroatoms. The zero-order chi connectivity index (χ0) is 14.4. The molecule has 19 heavy (non-hydrogen) atoms. The van der Waals surface area contributed by atoms with Crippen molar-refractivity contribution in [1.82, 2.24) is 0 Å². The van der Waals surface area contributed by atoms with E-state index in [1.807, 2.05) is 0 Å². The van der Waals surface area contributed by atoms with Crippen molar-refractivity contribution < 1.29 is 19.5 Å². The minimum atomic E-state index is -1.000. The number of nitrogens with one attached hydrogen (secondary N) is 1. The maximum absolute atomic E-state index is 11.6. The molecule has 0 saturated heterocycles. The molecular formula is C11H14N2O4S2. The third-order valence-corrected chi connectivity index (χ3v) is 4.21. The number of thiophene rings is 1. The molecule has 104 valence electrons. The summed E-state index contributed by atoms with van der Waals surface area (Å²) in [5.41, 5.74) is 5.59. The Balaban J connectivity index is 2.42. The predicted octanol–water partition coefficient (Wildman–Crippen LogP) is 1.30. The molecule has 0 atom stereocenters. The Morgan fingerprint density at radius 3 is 2.68 bits per heavy atom. The van der Waals surface area contributed by atoms with Crippen LogP contribution in [0.2, 0.25) is 0 Å². The lowest BCUT2D eigenvalue weighted by Crippen LogP contribution is -2.15. The van der Waals surface area contributed by atoms with Crippen molar-refractivity contribution in [3.05, 3.63) is 16.5 Å². The number of carbonyl (C=O) groups is 3. The van der Waals surface area contributed by atoms with Gasteiger partial charge in [0.1, 0.15) is 4.88 Å². The molecule has 0 aliphatic heterocycles. The Morgan fingerprint density at radius 1 is 1.47 bits per heavy atom. The van der Waals surface area contributed by atoms with Gasteiger partial charge in [0.05, 0.1) is 10.8 Å². The lowest BCUT2D eigenvalue weighted by Gasteiger charge is -2.01. The standard InChI is InChI=1S/C11H14N2O4S2/c1-6-4-9(19-10(6)11(16)17)13-8(15)2-3-18-5-7(12)14/h4H,2-3,5H2,1H3,(H2,12,14)(H,13,15)(H,16,17). The first-order chi connectivity index (χ1) is 8.90. The van der Waals surface area contributed by atoms with Crippen LogP contribution in [-0.4, -0.2) is 34.4 Å². The van der Waals surface area contributed by atoms with Gasteiger partial charge in [0.25, 0.3) is 0 Å². The van der Waals surface area contributed by atoms with Crippen molar-refractivity contribution >= 4 is 45.9 Å². The fourth-order valence-electron chi connectivity index (χ4n) is 1.29. The highest BCUT2D eigenvalue weighted by Crippen LogP contribution is 2.26. The molecule has 0 fully saturated rings. The van der Waals surface area contributed by atoms with Crippen LogP contribution in [0.25, 0.3) is 0 Å². The lowest BCUT2D eigenvalue weighted by atomic mass is 10.3. The third-order valence-electron chi connectivity index (χ3n) is 2.09. The minimum Gasteiger partial charge on any atom is -0.477 e. The molecule has 1 rings (SSSR count). The molecule has 0 saturated carbocycles. The molecular weight excluding hydrogens is 288 g/mol. The summed E-state index contributed by atoms with van der Waals surface area (Å²) < 4.78 is 0. The molecule has 0 bridgehead atoms. The van der Waals surface area contributed by atoms with Crippen LogP contribution in [0.5, 0.6) is 0 Å². The van der Waals surface area contributed by atoms with Gasteiger partial charge in [-0.25, -0.2) is 4.79 Å². The third kappa shape index (κ3) is 5.31. The number of aryl methyl sites for hydroxylation is 1. The van der Waals surface area contributed by atoms with Gasteiger partial charge in [-0.2, -0.15) is 11.8 Å². The largest absolute Gasteiger partial charge is 0.477 e. The van der Waals surface area contributed by atoms with Crippen LogP contribution < -0.4 is 11.1 Å². The molecule has 0 aromatic carbocycles. The molecule has 0 aliphatic rings. The molecule has 0 spiro atoms. The zero-order valence-corrected chi connectivity index (χ0v) is 11.9. The molecule has 0 radical (unpaired) electrons. The summed E-state index contributed by atoms with van der Waals surface area (Å²) >= 11 is 2.32. The number of amides is 2. The van der Waals surface area contributed by atoms with Crippen molar-refractivity contribution in [2.24, 2.45) is 5.73 Å². The number of primary amides is 1. The van der Waals surface area contributed by atoms with Crippen molar-refractivity contribution in [2.75, 3.05) is 16.8 Å². The highest BCUT2D eigenvalue weighted by atomic mass is 32.2. The number of nitrogens with two attached hydrogens (primary N) is 1. The van der Waals surface area contributed by atoms with Crippen LogP contribution in [0, 0.1) is 6.92 Å². The lowest BCUT2D eigenvalue weighted by molar-refractivity contribution is -0.116. The van der Waals surface area contributed by atoms with E-state index in [9.17, 15) is 14.4 Å². The molecule has 4 N–H and O–H groups in total. The van der Waals surface area contributed by atoms with Crippen molar-refractivity contribution in [3.8, 4) is 0 Å². The molecule has 1 heterocycles. The molecule has 2 amide bonds. The molecule has 6 nitrogen and oxygen atoms in total. The number of aromatic carboxylic acids is 1. The van der Waals surface area contributed by atoms with Gasteiger partial charge in [-0.05, 0) is 18.6 Å². The summed E-state index contributed by atoms with van der Waals surface area (Å²) in [4.78, 5) is 33.1. The number of carboxylic acid groups (broad SMARTS) is 1. The van der Waals surface area contributed by atoms with E-state index in [2.05, 4.69) is 5.32 Å². The van der Waals surface area contributed by atoms with Crippen LogP contribution >= 0.6 is 23.1 Å². The Labute approximate surface area is 118 Å². The first-order valence-corrected chi connectivity index (χ1v) is 7.37. The Kier molecular flexibility index (Phi) is 5.84. The van der Waals surface area contributed by atoms with Crippen LogP contribution in [0.1, 0.15) is 21.7 Å². The van der Waals surface area contributed by atoms with E-state index in [1.54, 1.807) is 13.0 Å². The second kappa shape index (κ2) is 7.15. The van der Waals surface area contributed by atoms with E-state index in [1.165, 1.54) is 11.8 Å². The maximum atomic E-state index is 11.6. The topological polar surface area (TPSA) is 109 Å². The van der Waals surface area contributed by atoms with Gasteiger partial charge in [0, 0.05) is 12.2 Å². The molecule has 0 aliphatic carbocycles. The average Bonchev–Trinajstić information content (AvgIpc) is 2.65. The summed E-state index contributed by atoms with van der Waals surface area (Å²) in [5, 5.41) is 12.0. The van der Waals surface area contributed by atoms with Crippen LogP contribution in [0.15, 0.2) is 6.07 Å². The molecule has 1 aromatic heterocycles. The summed E-state index contributed by atoms with van der Waals surface area (Å²) in [7, 11) is 0. The molecule has 1 aromatic rings. The van der Waals surface area contributed by atoms with Gasteiger partial charge in [0.2, 0.25) is 11.8 Å². The van der Waals surface area contributed by atoms with E-state index in [4.69, 9.17) is 10.8 Å². The fourth-order valence-corrected chi connectivity index (χ4v) is 2.90. The molecule has 0 unspecified atom stereocenters. The number of carboxylic acids is 1. The Morgan fingerprint density at radius 2 is 2.16 bits per heavy atom. The highest BCUT2D eigenvalue weighted by molar-refractivity contribution is 7.99. The number of thioether (sulfide) groups is 1. The van der Waals surface area contributed by atoms with E-state index in [0.717, 1.165) is 11.3 Å². The highest BCUT2D eigenvalue weighted by Gasteiger charge is 2.13. The quantitative estimate of drug-likeness (QED) is 0.658. The van der Waals surface area contributed by atoms with Crippen LogP contribution in [-0.2, 0) is 9.59 Å². The summed E-state index contributed by atoms with van der Waals surface area (Å²) in [6.45, 7) is 1.68. The van der Waals surface area contributed by atoms with E-state index in [-0.39, 0.29) is 23.0 Å². The van der Waals surface area contributed by atoms with Gasteiger partial charge < -0.3 is 16.2 Å². The van der Waals surface area contributed by atoms with E-state index in [0.29, 0.717) is 16.3 Å². The van der Waals surface area contributed by atoms with Gasteiger partial charge in [-0.1, -0.05) is 0 Å². The number of hydrogen-bond acceptors (Lipinski definition) is 5. The van der Waals surface area contributed by atoms with E-state index < -0.39 is 11.9 Å². The van der Waals surface area contributed by atoms with Crippen LogP contribution in [0.4, 0.5) is 5.00 Å². The first kappa shape index (κ1) is 15.5. The maximum Gasteiger partial charge on any atom is 0.346 e. The smallest absolute Gasteiger partial charge is 0.346 e. The number of hydrogen-bond donors (Lipinski definition) is 3. The number of rotatable bonds is 7. The second-order valence-corrected chi connectivity index (χ2v) is 5.90. The van der Waals surface area contributed by atoms with Crippen molar-refractivity contribution in [2.45, 2.75) is 13.3 Å². The first-order valence-electron chi connectivity index (χ1n) is 5.39. The second-order valence-electron chi connectivity index (χ2n) is 3.75. The van der Waals surface area contributed by atoms with Gasteiger partial charge in [-0.15, -0.1) is 11.3 Å². The van der Waals surface area contributed by atoms with Crippen LogP contribution in [0.3, 0.4) is 0 Å². The minimum absolute atomic E-state index is 0.189. The van der Waals surface area contributed by atoms with E-state index >= 15 is 0 Å². The summed E-state index contributed by atoms with van der Waals surface area (Å²) in [6, 6.07) is 1.63. The zero-order valence-electron chi connectivity index (χ0n) is 10.3. The number of anilines is 1. The van der Waals surface area contributed by atoms with Gasteiger partial charge >= 0.3 is 5.97 Å². The van der Waals surface area contributed by atoms with Gasteiger partial charge in [0.15, 0.2) is 0 Å². The van der Waals surface area contributed by atoms with Crippen molar-refractivity contribution in [3.63, 3.8) is 0 Å². The number of carbonyl (C=O) groups excluding carboxylic acids is 2. The normalized spacial score (nSPS) is 10.2. The Bertz CT molecular complexity index is 499. The van der Waals surface area contributed by atoms with Gasteiger partial charge in [-0.3, -0.25) is 9.59 Å². The predicted molar refractivity (Wildman–Crippen MR) is 75.8 cm³/mol. The monoisotopic (exact) mass is 302 g/mol. The Hall–Kier alpha value is -1.54. The average molecular weight is 302 g/mol. The summed E-state index contributed by atoms with van der Waals surface area (Å²) in [5.74, 6) is -0.944. The van der Waals surface area contributed by atoms with Crippen molar-refractivity contribution in [1.29, 1.82) is 0 Å². The summed E-state index contributed by atoms with van der Waals surface area (Å²) in [6.07, 6.45) is 0.247. The fraction of sp³-hybridized carbons (Fsp3) is 0.364.